The largest absolute Gasteiger partial charge is 0.481 e. The minimum Gasteiger partial charge on any atom is -0.481 e. The molecule has 1 heterocycles. The van der Waals surface area contributed by atoms with Crippen molar-refractivity contribution in [3.63, 3.8) is 0 Å². The maximum absolute atomic E-state index is 11.5. The van der Waals surface area contributed by atoms with Gasteiger partial charge in [0, 0.05) is 6.42 Å². The van der Waals surface area contributed by atoms with Gasteiger partial charge < -0.3 is 20.9 Å². The summed E-state index contributed by atoms with van der Waals surface area (Å²) in [5, 5.41) is 11.5. The fourth-order valence-corrected chi connectivity index (χ4v) is 1.61. The van der Waals surface area contributed by atoms with E-state index in [0.29, 0.717) is 13.0 Å². The van der Waals surface area contributed by atoms with Gasteiger partial charge in [0.05, 0.1) is 19.3 Å². The molecule has 1 fully saturated rings. The first-order chi connectivity index (χ1) is 7.54. The molecule has 1 rings (SSSR count). The molecule has 0 aromatic rings. The van der Waals surface area contributed by atoms with Gasteiger partial charge in [0.15, 0.2) is 0 Å². The number of carbonyl (C=O) groups is 2. The van der Waals surface area contributed by atoms with Crippen LogP contribution in [0.4, 0.5) is 0 Å². The van der Waals surface area contributed by atoms with Crippen molar-refractivity contribution < 1.29 is 19.4 Å². The van der Waals surface area contributed by atoms with Crippen molar-refractivity contribution in [3.05, 3.63) is 0 Å². The fourth-order valence-electron chi connectivity index (χ4n) is 1.61. The highest BCUT2D eigenvalue weighted by atomic mass is 16.5. The van der Waals surface area contributed by atoms with Crippen LogP contribution in [0.5, 0.6) is 0 Å². The number of nitrogens with one attached hydrogen (secondary N) is 1. The molecule has 16 heavy (non-hydrogen) atoms. The molecule has 3 atom stereocenters. The maximum Gasteiger partial charge on any atom is 0.311 e. The Balaban J connectivity index is 2.41. The molecule has 0 saturated carbocycles. The average molecular weight is 230 g/mol. The lowest BCUT2D eigenvalue weighted by Gasteiger charge is -2.16. The minimum atomic E-state index is -0.935. The molecule has 6 nitrogen and oxygen atoms in total. The molecule has 0 aromatic carbocycles. The smallest absolute Gasteiger partial charge is 0.311 e. The molecular formula is C10H18N2O4. The van der Waals surface area contributed by atoms with Gasteiger partial charge in [-0.25, -0.2) is 0 Å². The number of rotatable bonds is 5. The molecule has 1 amide bonds. The molecule has 6 heteroatoms. The van der Waals surface area contributed by atoms with Gasteiger partial charge in [0.2, 0.25) is 5.91 Å². The fraction of sp³-hybridized carbons (Fsp3) is 0.800. The van der Waals surface area contributed by atoms with E-state index in [1.54, 1.807) is 0 Å². The van der Waals surface area contributed by atoms with Crippen LogP contribution < -0.4 is 11.1 Å². The molecule has 1 aliphatic heterocycles. The van der Waals surface area contributed by atoms with Crippen molar-refractivity contribution in [2.45, 2.75) is 19.4 Å². The molecule has 0 radical (unpaired) electrons. The van der Waals surface area contributed by atoms with Crippen LogP contribution in [0.3, 0.4) is 0 Å². The predicted octanol–water partition coefficient (Wildman–Crippen LogP) is -0.813. The van der Waals surface area contributed by atoms with Crippen molar-refractivity contribution >= 4 is 11.9 Å². The van der Waals surface area contributed by atoms with E-state index in [9.17, 15) is 9.59 Å². The Bertz CT molecular complexity index is 270. The summed E-state index contributed by atoms with van der Waals surface area (Å²) in [7, 11) is 0. The third-order valence-corrected chi connectivity index (χ3v) is 2.68. The Labute approximate surface area is 94.1 Å². The van der Waals surface area contributed by atoms with Crippen LogP contribution in [0.25, 0.3) is 0 Å². The van der Waals surface area contributed by atoms with E-state index in [2.05, 4.69) is 5.32 Å². The number of aliphatic carboxylic acids is 1. The van der Waals surface area contributed by atoms with Crippen molar-refractivity contribution in [1.29, 1.82) is 0 Å². The van der Waals surface area contributed by atoms with Gasteiger partial charge in [-0.15, -0.1) is 0 Å². The number of hydrogen-bond acceptors (Lipinski definition) is 4. The minimum absolute atomic E-state index is 0.102. The molecule has 92 valence electrons. The molecule has 1 aliphatic rings. The van der Waals surface area contributed by atoms with E-state index in [1.807, 2.05) is 6.92 Å². The zero-order chi connectivity index (χ0) is 12.1. The van der Waals surface area contributed by atoms with Crippen molar-refractivity contribution in [3.8, 4) is 0 Å². The first-order valence-electron chi connectivity index (χ1n) is 5.34. The third-order valence-electron chi connectivity index (χ3n) is 2.68. The summed E-state index contributed by atoms with van der Waals surface area (Å²) in [6.45, 7) is 2.74. The molecule has 0 aliphatic carbocycles. The number of ether oxygens (including phenoxy) is 1. The highest BCUT2D eigenvalue weighted by Crippen LogP contribution is 2.14. The first-order valence-corrected chi connectivity index (χ1v) is 5.34. The molecular weight excluding hydrogens is 212 g/mol. The SMILES string of the molecule is CC(CN)CC(=O)NC1COCC1C(=O)O. The van der Waals surface area contributed by atoms with E-state index < -0.39 is 17.9 Å². The van der Waals surface area contributed by atoms with Crippen LogP contribution in [0.15, 0.2) is 0 Å². The Morgan fingerprint density at radius 3 is 2.81 bits per heavy atom. The molecule has 3 unspecified atom stereocenters. The maximum atomic E-state index is 11.5. The number of carboxylic acids is 1. The lowest BCUT2D eigenvalue weighted by atomic mass is 10.0. The van der Waals surface area contributed by atoms with Gasteiger partial charge >= 0.3 is 5.97 Å². The predicted molar refractivity (Wildman–Crippen MR) is 56.7 cm³/mol. The van der Waals surface area contributed by atoms with E-state index in [1.165, 1.54) is 0 Å². The van der Waals surface area contributed by atoms with Crippen LogP contribution in [0, 0.1) is 11.8 Å². The highest BCUT2D eigenvalue weighted by Gasteiger charge is 2.34. The lowest BCUT2D eigenvalue weighted by molar-refractivity contribution is -0.142. The average Bonchev–Trinajstić information content (AvgIpc) is 2.65. The van der Waals surface area contributed by atoms with Gasteiger partial charge in [0.25, 0.3) is 0 Å². The summed E-state index contributed by atoms with van der Waals surface area (Å²) in [6.07, 6.45) is 0.319. The summed E-state index contributed by atoms with van der Waals surface area (Å²) in [6, 6.07) is -0.421. The Kier molecular flexibility index (Phi) is 4.70. The monoisotopic (exact) mass is 230 g/mol. The number of amides is 1. The van der Waals surface area contributed by atoms with Crippen LogP contribution in [0.1, 0.15) is 13.3 Å². The summed E-state index contributed by atoms with van der Waals surface area (Å²) in [4.78, 5) is 22.3. The Morgan fingerprint density at radius 1 is 1.56 bits per heavy atom. The molecule has 0 aromatic heterocycles. The van der Waals surface area contributed by atoms with E-state index in [-0.39, 0.29) is 25.0 Å². The third kappa shape index (κ3) is 3.46. The van der Waals surface area contributed by atoms with Gasteiger partial charge in [0.1, 0.15) is 5.92 Å². The van der Waals surface area contributed by atoms with Crippen LogP contribution >= 0.6 is 0 Å². The number of nitrogens with two attached hydrogens (primary N) is 1. The van der Waals surface area contributed by atoms with Crippen LogP contribution in [-0.4, -0.2) is 42.8 Å². The molecule has 4 N–H and O–H groups in total. The quantitative estimate of drug-likeness (QED) is 0.573. The van der Waals surface area contributed by atoms with Gasteiger partial charge in [-0.05, 0) is 12.5 Å². The van der Waals surface area contributed by atoms with E-state index in [4.69, 9.17) is 15.6 Å². The van der Waals surface area contributed by atoms with Crippen LogP contribution in [-0.2, 0) is 14.3 Å². The second kappa shape index (κ2) is 5.81. The van der Waals surface area contributed by atoms with Crippen molar-refractivity contribution in [2.24, 2.45) is 17.6 Å². The van der Waals surface area contributed by atoms with Gasteiger partial charge in [-0.3, -0.25) is 9.59 Å². The lowest BCUT2D eigenvalue weighted by Crippen LogP contribution is -2.43. The number of hydrogen-bond donors (Lipinski definition) is 3. The second-order valence-electron chi connectivity index (χ2n) is 4.20. The van der Waals surface area contributed by atoms with E-state index in [0.717, 1.165) is 0 Å². The number of carboxylic acid groups (broad SMARTS) is 1. The van der Waals surface area contributed by atoms with E-state index >= 15 is 0 Å². The Morgan fingerprint density at radius 2 is 2.25 bits per heavy atom. The zero-order valence-electron chi connectivity index (χ0n) is 9.31. The van der Waals surface area contributed by atoms with Crippen LogP contribution in [0.2, 0.25) is 0 Å². The van der Waals surface area contributed by atoms with Crippen molar-refractivity contribution in [1.82, 2.24) is 5.32 Å². The first kappa shape index (κ1) is 12.9. The number of carbonyl (C=O) groups excluding carboxylic acids is 1. The summed E-state index contributed by atoms with van der Waals surface area (Å²) in [5.41, 5.74) is 5.41. The highest BCUT2D eigenvalue weighted by molar-refractivity contribution is 5.78. The van der Waals surface area contributed by atoms with Gasteiger partial charge in [-0.2, -0.15) is 0 Å². The molecule has 1 saturated heterocycles. The zero-order valence-corrected chi connectivity index (χ0v) is 9.31. The molecule has 0 bridgehead atoms. The van der Waals surface area contributed by atoms with Gasteiger partial charge in [-0.1, -0.05) is 6.92 Å². The molecule has 0 spiro atoms. The van der Waals surface area contributed by atoms with Crippen molar-refractivity contribution in [2.75, 3.05) is 19.8 Å². The standard InChI is InChI=1S/C10H18N2O4/c1-6(3-11)2-9(13)12-8-5-16-4-7(8)10(14)15/h6-8H,2-5,11H2,1H3,(H,12,13)(H,14,15). The summed E-state index contributed by atoms with van der Waals surface area (Å²) < 4.78 is 5.04. The summed E-state index contributed by atoms with van der Waals surface area (Å²) >= 11 is 0. The topological polar surface area (TPSA) is 102 Å². The normalized spacial score (nSPS) is 26.4. The Hall–Kier alpha value is -1.14. The summed E-state index contributed by atoms with van der Waals surface area (Å²) in [5.74, 6) is -1.64. The second-order valence-corrected chi connectivity index (χ2v) is 4.20.